The van der Waals surface area contributed by atoms with Gasteiger partial charge >= 0.3 is 0 Å². The molecule has 1 saturated heterocycles. The van der Waals surface area contributed by atoms with Crippen LogP contribution in [0.15, 0.2) is 35.8 Å². The van der Waals surface area contributed by atoms with Crippen LogP contribution in [0, 0.1) is 0 Å². The lowest BCUT2D eigenvalue weighted by Crippen LogP contribution is -2.59. The maximum absolute atomic E-state index is 12.5. The largest absolute Gasteiger partial charge is 0.334 e. The number of carbonyl (C=O) groups excluding carboxylic acids is 1. The third-order valence-electron chi connectivity index (χ3n) is 3.69. The molecule has 20 heavy (non-hydrogen) atoms. The second kappa shape index (κ2) is 5.34. The van der Waals surface area contributed by atoms with E-state index in [9.17, 15) is 4.79 Å². The number of rotatable bonds is 3. The average Bonchev–Trinajstić information content (AvgIpc) is 2.86. The normalized spacial score (nSPS) is 15.4. The predicted octanol–water partition coefficient (Wildman–Crippen LogP) is 2.20. The fourth-order valence-corrected chi connectivity index (χ4v) is 3.08. The van der Waals surface area contributed by atoms with Gasteiger partial charge in [-0.2, -0.15) is 0 Å². The van der Waals surface area contributed by atoms with E-state index in [0.29, 0.717) is 11.7 Å². The third-order valence-corrected chi connectivity index (χ3v) is 4.56. The van der Waals surface area contributed by atoms with Crippen molar-refractivity contribution in [2.24, 2.45) is 0 Å². The number of benzene rings is 1. The first-order valence-electron chi connectivity index (χ1n) is 6.61. The van der Waals surface area contributed by atoms with E-state index in [1.54, 1.807) is 5.51 Å². The zero-order valence-electron chi connectivity index (χ0n) is 11.6. The van der Waals surface area contributed by atoms with Crippen molar-refractivity contribution in [1.82, 2.24) is 14.8 Å². The number of amides is 1. The Bertz CT molecular complexity index is 603. The lowest BCUT2D eigenvalue weighted by atomic mass is 10.1. The van der Waals surface area contributed by atoms with Crippen LogP contribution in [0.2, 0.25) is 0 Å². The fourth-order valence-electron chi connectivity index (χ4n) is 2.29. The van der Waals surface area contributed by atoms with Gasteiger partial charge in [0, 0.05) is 19.1 Å². The van der Waals surface area contributed by atoms with Crippen molar-refractivity contribution in [1.29, 1.82) is 0 Å². The third kappa shape index (κ3) is 2.34. The molecule has 0 atom stereocenters. The molecular weight excluding hydrogens is 270 g/mol. The van der Waals surface area contributed by atoms with E-state index in [1.807, 2.05) is 49.3 Å². The lowest BCUT2D eigenvalue weighted by molar-refractivity contribution is 0.0395. The van der Waals surface area contributed by atoms with Crippen molar-refractivity contribution in [3.8, 4) is 10.4 Å². The summed E-state index contributed by atoms with van der Waals surface area (Å²) in [5, 5.41) is 0. The van der Waals surface area contributed by atoms with Crippen LogP contribution in [0.3, 0.4) is 0 Å². The highest BCUT2D eigenvalue weighted by molar-refractivity contribution is 7.13. The lowest BCUT2D eigenvalue weighted by Gasteiger charge is -2.42. The topological polar surface area (TPSA) is 36.4 Å². The monoisotopic (exact) mass is 287 g/mol. The molecule has 1 aromatic carbocycles. The maximum Gasteiger partial charge on any atom is 0.274 e. The molecule has 0 saturated carbocycles. The minimum absolute atomic E-state index is 0.0446. The molecule has 0 spiro atoms. The number of likely N-dealkylation sites (tertiary alicyclic amines) is 1. The molecule has 0 N–H and O–H groups in total. The molecule has 0 bridgehead atoms. The second-order valence-electron chi connectivity index (χ2n) is 5.22. The molecule has 1 amide bonds. The summed E-state index contributed by atoms with van der Waals surface area (Å²) in [4.78, 5) is 21.8. The quantitative estimate of drug-likeness (QED) is 0.868. The van der Waals surface area contributed by atoms with E-state index in [1.165, 1.54) is 11.3 Å². The van der Waals surface area contributed by atoms with Crippen molar-refractivity contribution < 1.29 is 4.79 Å². The Labute approximate surface area is 122 Å². The minimum Gasteiger partial charge on any atom is -0.334 e. The van der Waals surface area contributed by atoms with E-state index in [2.05, 4.69) is 9.88 Å². The molecule has 0 radical (unpaired) electrons. The van der Waals surface area contributed by atoms with Gasteiger partial charge in [0.1, 0.15) is 5.69 Å². The number of likely N-dealkylation sites (N-methyl/N-ethyl adjacent to an activating group) is 1. The average molecular weight is 287 g/mol. The van der Waals surface area contributed by atoms with Gasteiger partial charge in [0.25, 0.3) is 5.91 Å². The minimum atomic E-state index is 0.0446. The molecule has 104 valence electrons. The smallest absolute Gasteiger partial charge is 0.274 e. The molecule has 2 aromatic rings. The first-order valence-corrected chi connectivity index (χ1v) is 7.49. The van der Waals surface area contributed by atoms with Crippen LogP contribution in [-0.2, 0) is 0 Å². The van der Waals surface area contributed by atoms with Crippen LogP contribution in [0.5, 0.6) is 0 Å². The van der Waals surface area contributed by atoms with Gasteiger partial charge < -0.3 is 9.80 Å². The fraction of sp³-hybridized carbons (Fsp3) is 0.333. The van der Waals surface area contributed by atoms with E-state index in [-0.39, 0.29) is 5.91 Å². The standard InChI is InChI=1S/C15H17N3OS/c1-17(2)12-8-18(9-12)15(19)13-14(20-10-16-13)11-6-4-3-5-7-11/h3-7,10,12H,8-9H2,1-2H3. The van der Waals surface area contributed by atoms with Gasteiger partial charge in [-0.15, -0.1) is 11.3 Å². The predicted molar refractivity (Wildman–Crippen MR) is 80.9 cm³/mol. The molecule has 0 unspecified atom stereocenters. The number of thiazole rings is 1. The molecule has 2 heterocycles. The summed E-state index contributed by atoms with van der Waals surface area (Å²) in [6.45, 7) is 1.58. The number of carbonyl (C=O) groups is 1. The molecular formula is C15H17N3OS. The highest BCUT2D eigenvalue weighted by atomic mass is 32.1. The summed E-state index contributed by atoms with van der Waals surface area (Å²) in [5.41, 5.74) is 3.39. The SMILES string of the molecule is CN(C)C1CN(C(=O)c2ncsc2-c2ccccc2)C1. The van der Waals surface area contributed by atoms with Crippen LogP contribution >= 0.6 is 11.3 Å². The first kappa shape index (κ1) is 13.3. The van der Waals surface area contributed by atoms with Gasteiger partial charge in [0.05, 0.1) is 10.4 Å². The van der Waals surface area contributed by atoms with Crippen LogP contribution in [0.1, 0.15) is 10.5 Å². The molecule has 0 aliphatic carbocycles. The second-order valence-corrected chi connectivity index (χ2v) is 6.08. The number of aromatic nitrogens is 1. The van der Waals surface area contributed by atoms with E-state index in [4.69, 9.17) is 0 Å². The van der Waals surface area contributed by atoms with Gasteiger partial charge in [0.2, 0.25) is 0 Å². The van der Waals surface area contributed by atoms with Gasteiger partial charge in [0.15, 0.2) is 0 Å². The van der Waals surface area contributed by atoms with Gasteiger partial charge in [-0.1, -0.05) is 30.3 Å². The van der Waals surface area contributed by atoms with Gasteiger partial charge in [-0.25, -0.2) is 4.98 Å². The maximum atomic E-state index is 12.5. The van der Waals surface area contributed by atoms with Crippen LogP contribution in [0.4, 0.5) is 0 Å². The highest BCUT2D eigenvalue weighted by Crippen LogP contribution is 2.29. The Morgan fingerprint density at radius 2 is 2.00 bits per heavy atom. The van der Waals surface area contributed by atoms with Gasteiger partial charge in [-0.05, 0) is 19.7 Å². The first-order chi connectivity index (χ1) is 9.66. The molecule has 3 rings (SSSR count). The number of hydrogen-bond donors (Lipinski definition) is 0. The van der Waals surface area contributed by atoms with E-state index < -0.39 is 0 Å². The van der Waals surface area contributed by atoms with Crippen LogP contribution in [-0.4, -0.2) is 53.9 Å². The Hall–Kier alpha value is -1.72. The van der Waals surface area contributed by atoms with Crippen LogP contribution in [0.25, 0.3) is 10.4 Å². The van der Waals surface area contributed by atoms with E-state index in [0.717, 1.165) is 23.5 Å². The summed E-state index contributed by atoms with van der Waals surface area (Å²) >= 11 is 1.52. The van der Waals surface area contributed by atoms with Crippen molar-refractivity contribution in [3.05, 3.63) is 41.5 Å². The molecule has 5 heteroatoms. The Kier molecular flexibility index (Phi) is 3.54. The molecule has 1 aliphatic heterocycles. The zero-order chi connectivity index (χ0) is 14.1. The number of nitrogens with zero attached hydrogens (tertiary/aromatic N) is 3. The van der Waals surface area contributed by atoms with Gasteiger partial charge in [-0.3, -0.25) is 4.79 Å². The number of hydrogen-bond acceptors (Lipinski definition) is 4. The summed E-state index contributed by atoms with van der Waals surface area (Å²) in [5.74, 6) is 0.0446. The summed E-state index contributed by atoms with van der Waals surface area (Å²) in [6, 6.07) is 10.4. The summed E-state index contributed by atoms with van der Waals surface area (Å²) in [7, 11) is 4.09. The van der Waals surface area contributed by atoms with Crippen molar-refractivity contribution >= 4 is 17.2 Å². The van der Waals surface area contributed by atoms with Crippen LogP contribution < -0.4 is 0 Å². The van der Waals surface area contributed by atoms with E-state index >= 15 is 0 Å². The molecule has 1 aromatic heterocycles. The van der Waals surface area contributed by atoms with Crippen molar-refractivity contribution in [2.75, 3.05) is 27.2 Å². The zero-order valence-corrected chi connectivity index (χ0v) is 12.4. The Morgan fingerprint density at radius 1 is 1.30 bits per heavy atom. The molecule has 1 fully saturated rings. The summed E-state index contributed by atoms with van der Waals surface area (Å²) < 4.78 is 0. The van der Waals surface area contributed by atoms with Crippen molar-refractivity contribution in [3.63, 3.8) is 0 Å². The molecule has 4 nitrogen and oxygen atoms in total. The Balaban J connectivity index is 1.79. The summed E-state index contributed by atoms with van der Waals surface area (Å²) in [6.07, 6.45) is 0. The highest BCUT2D eigenvalue weighted by Gasteiger charge is 2.34. The molecule has 1 aliphatic rings. The van der Waals surface area contributed by atoms with Crippen molar-refractivity contribution in [2.45, 2.75) is 6.04 Å². The Morgan fingerprint density at radius 3 is 2.65 bits per heavy atom.